The summed E-state index contributed by atoms with van der Waals surface area (Å²) in [6.45, 7) is 9.43. The summed E-state index contributed by atoms with van der Waals surface area (Å²) in [5.41, 5.74) is 3.17. The van der Waals surface area contributed by atoms with Crippen molar-refractivity contribution in [2.75, 3.05) is 0 Å². The molecule has 0 N–H and O–H groups in total. The number of hydrogen-bond donors (Lipinski definition) is 0. The third kappa shape index (κ3) is 13.4. The van der Waals surface area contributed by atoms with E-state index < -0.39 is 0 Å². The minimum Gasteiger partial charge on any atom is -0.254 e. The molecule has 2 aromatic rings. The second kappa shape index (κ2) is 18.7. The van der Waals surface area contributed by atoms with Gasteiger partial charge in [0.05, 0.1) is 15.2 Å². The molecule has 0 amide bonds. The Hall–Kier alpha value is -1.55. The summed E-state index contributed by atoms with van der Waals surface area (Å²) in [5, 5.41) is 10.3. The summed E-state index contributed by atoms with van der Waals surface area (Å²) in [5.74, 6) is 1.74. The Labute approximate surface area is 219 Å². The van der Waals surface area contributed by atoms with Crippen molar-refractivity contribution in [3.8, 4) is 11.4 Å². The van der Waals surface area contributed by atoms with Gasteiger partial charge in [0.1, 0.15) is 5.69 Å². The highest BCUT2D eigenvalue weighted by Crippen LogP contribution is 2.19. The lowest BCUT2D eigenvalue weighted by molar-refractivity contribution is 0.430. The van der Waals surface area contributed by atoms with Gasteiger partial charge in [-0.15, -0.1) is 5.10 Å². The molecule has 0 aliphatic heterocycles. The van der Waals surface area contributed by atoms with Crippen LogP contribution in [0.15, 0.2) is 30.5 Å². The van der Waals surface area contributed by atoms with Crippen LogP contribution < -0.4 is 5.32 Å². The van der Waals surface area contributed by atoms with Crippen molar-refractivity contribution in [3.05, 3.63) is 36.0 Å². The summed E-state index contributed by atoms with van der Waals surface area (Å²) < 4.78 is 0. The molecule has 4 heteroatoms. The van der Waals surface area contributed by atoms with E-state index in [4.69, 9.17) is 0 Å². The van der Waals surface area contributed by atoms with Gasteiger partial charge in [-0.05, 0) is 48.4 Å². The lowest BCUT2D eigenvalue weighted by Gasteiger charge is -2.12. The van der Waals surface area contributed by atoms with Crippen LogP contribution in [0.4, 0.5) is 0 Å². The molecule has 2 rings (SSSR count). The van der Waals surface area contributed by atoms with E-state index in [0.717, 1.165) is 29.6 Å². The normalized spacial score (nSPS) is 13.5. The highest BCUT2D eigenvalue weighted by Gasteiger charge is 2.08. The molecule has 0 saturated carbocycles. The molecule has 35 heavy (non-hydrogen) atoms. The molecule has 3 nitrogen and oxygen atoms in total. The van der Waals surface area contributed by atoms with Crippen molar-refractivity contribution in [1.82, 2.24) is 15.2 Å². The van der Waals surface area contributed by atoms with Gasteiger partial charge in [-0.1, -0.05) is 123 Å². The first-order chi connectivity index (χ1) is 17.1. The Morgan fingerprint density at radius 2 is 1.29 bits per heavy atom. The summed E-state index contributed by atoms with van der Waals surface area (Å²) in [6, 6.07) is 9.98. The molecule has 196 valence electrons. The van der Waals surface area contributed by atoms with Crippen molar-refractivity contribution in [3.63, 3.8) is 0 Å². The van der Waals surface area contributed by atoms with E-state index in [2.05, 4.69) is 67.1 Å². The van der Waals surface area contributed by atoms with E-state index >= 15 is 0 Å². The van der Waals surface area contributed by atoms with Crippen molar-refractivity contribution >= 4 is 14.8 Å². The fourth-order valence-corrected chi connectivity index (χ4v) is 6.41. The van der Waals surface area contributed by atoms with Crippen LogP contribution in [-0.4, -0.2) is 24.7 Å². The molecule has 2 atom stereocenters. The van der Waals surface area contributed by atoms with Gasteiger partial charge in [0.25, 0.3) is 0 Å². The van der Waals surface area contributed by atoms with Gasteiger partial charge >= 0.3 is 0 Å². The Kier molecular flexibility index (Phi) is 15.8. The largest absolute Gasteiger partial charge is 0.254 e. The minimum atomic E-state index is -0.336. The Balaban J connectivity index is 1.61. The van der Waals surface area contributed by atoms with Gasteiger partial charge in [0.2, 0.25) is 0 Å². The zero-order valence-electron chi connectivity index (χ0n) is 23.4. The van der Waals surface area contributed by atoms with Gasteiger partial charge in [-0.3, -0.25) is 4.98 Å². The average molecular weight is 496 g/mol. The number of aryl methyl sites for hydroxylation is 1. The number of unbranched alkanes of at least 4 members (excludes halogenated alkanes) is 8. The summed E-state index contributed by atoms with van der Waals surface area (Å²) in [6.07, 6.45) is 22.3. The monoisotopic (exact) mass is 495 g/mol. The molecule has 0 radical (unpaired) electrons. The molecule has 0 fully saturated rings. The second-order valence-corrected chi connectivity index (χ2v) is 12.8. The lowest BCUT2D eigenvalue weighted by Crippen LogP contribution is -2.21. The molecule has 2 aromatic heterocycles. The van der Waals surface area contributed by atoms with Crippen molar-refractivity contribution in [2.45, 2.75) is 130 Å². The van der Waals surface area contributed by atoms with Crippen LogP contribution >= 0.6 is 0 Å². The first kappa shape index (κ1) is 29.7. The Bertz CT molecular complexity index is 760. The number of aromatic nitrogens is 3. The molecule has 0 aliphatic carbocycles. The zero-order chi connectivity index (χ0) is 25.1. The van der Waals surface area contributed by atoms with E-state index in [-0.39, 0.29) is 9.52 Å². The molecule has 0 aliphatic rings. The molecule has 0 aromatic carbocycles. The Morgan fingerprint density at radius 3 is 1.94 bits per heavy atom. The predicted molar refractivity (Wildman–Crippen MR) is 156 cm³/mol. The summed E-state index contributed by atoms with van der Waals surface area (Å²) in [7, 11) is -0.336. The standard InChI is InChI=1S/C31H53N3Si/c1-5-7-9-10-15-19-28-20-21-29(32-24-28)30-22-23-31(34-33-30)35-25-27(4)18-14-11-13-17-26(3)16-12-8-6-2/h20-24,26-27H,5-19,25,35H2,1-4H3. The second-order valence-electron chi connectivity index (χ2n) is 11.0. The number of rotatable bonds is 20. The van der Waals surface area contributed by atoms with E-state index in [9.17, 15) is 0 Å². The Morgan fingerprint density at radius 1 is 0.657 bits per heavy atom. The molecular weight excluding hydrogens is 442 g/mol. The van der Waals surface area contributed by atoms with E-state index in [1.54, 1.807) is 0 Å². The maximum atomic E-state index is 4.65. The third-order valence-corrected chi connectivity index (χ3v) is 9.63. The molecule has 2 unspecified atom stereocenters. The zero-order valence-corrected chi connectivity index (χ0v) is 24.8. The average Bonchev–Trinajstić information content (AvgIpc) is 2.88. The van der Waals surface area contributed by atoms with Crippen molar-refractivity contribution in [1.29, 1.82) is 0 Å². The minimum absolute atomic E-state index is 0.336. The number of hydrogen-bond acceptors (Lipinski definition) is 3. The van der Waals surface area contributed by atoms with Crippen molar-refractivity contribution in [2.24, 2.45) is 11.8 Å². The predicted octanol–water partition coefficient (Wildman–Crippen LogP) is 8.07. The van der Waals surface area contributed by atoms with Gasteiger partial charge in [0, 0.05) is 11.5 Å². The number of pyridine rings is 1. The quantitative estimate of drug-likeness (QED) is 0.138. The van der Waals surface area contributed by atoms with E-state index in [0.29, 0.717) is 0 Å². The molecule has 0 bridgehead atoms. The SMILES string of the molecule is CCCCCCCc1ccc(-c2ccc([SiH2]CC(C)CCCCCC(C)CCCCC)nn2)nc1. The molecule has 0 spiro atoms. The fraction of sp³-hybridized carbons (Fsp3) is 0.710. The van der Waals surface area contributed by atoms with Gasteiger partial charge in [0.15, 0.2) is 0 Å². The first-order valence-corrected chi connectivity index (χ1v) is 16.6. The van der Waals surface area contributed by atoms with Gasteiger partial charge in [-0.2, -0.15) is 5.10 Å². The van der Waals surface area contributed by atoms with E-state index in [1.807, 2.05) is 6.20 Å². The summed E-state index contributed by atoms with van der Waals surface area (Å²) >= 11 is 0. The first-order valence-electron chi connectivity index (χ1n) is 14.9. The number of nitrogens with zero attached hydrogens (tertiary/aromatic N) is 3. The summed E-state index contributed by atoms with van der Waals surface area (Å²) in [4.78, 5) is 4.65. The van der Waals surface area contributed by atoms with Crippen LogP contribution in [-0.2, 0) is 6.42 Å². The third-order valence-electron chi connectivity index (χ3n) is 7.46. The molecular formula is C31H53N3Si. The van der Waals surface area contributed by atoms with Crippen LogP contribution in [0, 0.1) is 11.8 Å². The van der Waals surface area contributed by atoms with Gasteiger partial charge < -0.3 is 0 Å². The highest BCUT2D eigenvalue weighted by molar-refractivity contribution is 6.52. The van der Waals surface area contributed by atoms with Gasteiger partial charge in [-0.25, -0.2) is 0 Å². The maximum absolute atomic E-state index is 4.65. The fourth-order valence-electron chi connectivity index (χ4n) is 4.87. The van der Waals surface area contributed by atoms with Crippen LogP contribution in [0.25, 0.3) is 11.4 Å². The smallest absolute Gasteiger partial charge is 0.111 e. The van der Waals surface area contributed by atoms with Crippen LogP contribution in [0.5, 0.6) is 0 Å². The van der Waals surface area contributed by atoms with Crippen LogP contribution in [0.3, 0.4) is 0 Å². The van der Waals surface area contributed by atoms with Crippen LogP contribution in [0.1, 0.15) is 123 Å². The maximum Gasteiger partial charge on any atom is 0.111 e. The molecule has 2 heterocycles. The topological polar surface area (TPSA) is 38.7 Å². The molecule has 0 saturated heterocycles. The van der Waals surface area contributed by atoms with Crippen LogP contribution in [0.2, 0.25) is 6.04 Å². The van der Waals surface area contributed by atoms with Crippen molar-refractivity contribution < 1.29 is 0 Å². The highest BCUT2D eigenvalue weighted by atomic mass is 28.2. The van der Waals surface area contributed by atoms with E-state index in [1.165, 1.54) is 107 Å². The lowest BCUT2D eigenvalue weighted by atomic mass is 9.96.